The Morgan fingerprint density at radius 3 is 2.55 bits per heavy atom. The molecule has 0 saturated heterocycles. The Morgan fingerprint density at radius 1 is 1.40 bits per heavy atom. The molecular weight excluding hydrogens is 306 g/mol. The molecule has 0 aliphatic rings. The van der Waals surface area contributed by atoms with Crippen molar-refractivity contribution >= 4 is 31.3 Å². The molecule has 112 valence electrons. The molecule has 1 rings (SSSR count). The van der Waals surface area contributed by atoms with Gasteiger partial charge in [-0.3, -0.25) is 4.79 Å². The lowest BCUT2D eigenvalue weighted by Crippen LogP contribution is -2.20. The molecule has 6 nitrogen and oxygen atoms in total. The second kappa shape index (κ2) is 6.92. The molecule has 0 unspecified atom stereocenters. The van der Waals surface area contributed by atoms with Crippen LogP contribution in [0.25, 0.3) is 0 Å². The minimum absolute atomic E-state index is 0.0737. The van der Waals surface area contributed by atoms with Gasteiger partial charge in [-0.05, 0) is 32.0 Å². The average Bonchev–Trinajstić information content (AvgIpc) is 2.35. The molecular formula is C12H16ClNO5S. The molecule has 0 spiro atoms. The van der Waals surface area contributed by atoms with Gasteiger partial charge in [0.15, 0.2) is 0 Å². The van der Waals surface area contributed by atoms with E-state index in [0.29, 0.717) is 5.69 Å². The molecule has 0 bridgehead atoms. The van der Waals surface area contributed by atoms with Crippen LogP contribution in [0.15, 0.2) is 23.1 Å². The number of halogens is 1. The van der Waals surface area contributed by atoms with Crippen LogP contribution in [0.1, 0.15) is 13.8 Å². The number of carbonyl (C=O) groups is 1. The summed E-state index contributed by atoms with van der Waals surface area (Å²) in [7, 11) is 2.67. The van der Waals surface area contributed by atoms with E-state index in [0.717, 1.165) is 0 Å². The molecule has 0 saturated carbocycles. The van der Waals surface area contributed by atoms with E-state index in [4.69, 9.17) is 20.2 Å². The van der Waals surface area contributed by atoms with Crippen LogP contribution < -0.4 is 10.1 Å². The average molecular weight is 322 g/mol. The maximum absolute atomic E-state index is 11.6. The van der Waals surface area contributed by atoms with Crippen LogP contribution >= 0.6 is 10.7 Å². The lowest BCUT2D eigenvalue weighted by atomic mass is 10.3. The first kappa shape index (κ1) is 16.7. The van der Waals surface area contributed by atoms with Crippen LogP contribution in [0.3, 0.4) is 0 Å². The Balaban J connectivity index is 2.90. The number of benzene rings is 1. The first-order valence-electron chi connectivity index (χ1n) is 5.78. The van der Waals surface area contributed by atoms with E-state index in [1.807, 2.05) is 0 Å². The quantitative estimate of drug-likeness (QED) is 0.810. The summed E-state index contributed by atoms with van der Waals surface area (Å²) < 4.78 is 32.9. The molecule has 1 amide bonds. The lowest BCUT2D eigenvalue weighted by Gasteiger charge is -2.11. The van der Waals surface area contributed by atoms with E-state index in [1.165, 1.54) is 25.3 Å². The Kier molecular flexibility index (Phi) is 5.79. The number of amides is 1. The third-order valence-electron chi connectivity index (χ3n) is 2.26. The summed E-state index contributed by atoms with van der Waals surface area (Å²) in [6.45, 7) is 3.49. The number of ether oxygens (including phenoxy) is 2. The van der Waals surface area contributed by atoms with Gasteiger partial charge >= 0.3 is 0 Å². The summed E-state index contributed by atoms with van der Waals surface area (Å²) in [6.07, 6.45) is -0.0737. The van der Waals surface area contributed by atoms with E-state index in [1.54, 1.807) is 13.8 Å². The zero-order valence-electron chi connectivity index (χ0n) is 11.3. The van der Waals surface area contributed by atoms with Gasteiger partial charge < -0.3 is 14.8 Å². The zero-order chi connectivity index (χ0) is 15.3. The monoisotopic (exact) mass is 321 g/mol. The summed E-state index contributed by atoms with van der Waals surface area (Å²) in [4.78, 5) is 11.4. The smallest absolute Gasteiger partial charge is 0.265 e. The van der Waals surface area contributed by atoms with Gasteiger partial charge in [-0.25, -0.2) is 8.42 Å². The van der Waals surface area contributed by atoms with Crippen molar-refractivity contribution < 1.29 is 22.7 Å². The van der Waals surface area contributed by atoms with Crippen LogP contribution in [0, 0.1) is 0 Å². The molecule has 0 fully saturated rings. The van der Waals surface area contributed by atoms with Gasteiger partial charge in [-0.1, -0.05) is 0 Å². The highest BCUT2D eigenvalue weighted by Crippen LogP contribution is 2.29. The molecule has 1 N–H and O–H groups in total. The van der Waals surface area contributed by atoms with Crippen LogP contribution in [-0.2, 0) is 18.6 Å². The summed E-state index contributed by atoms with van der Waals surface area (Å²) in [5.41, 5.74) is 0.294. The third kappa shape index (κ3) is 4.99. The van der Waals surface area contributed by atoms with Gasteiger partial charge in [0.25, 0.3) is 9.05 Å². The molecule has 0 heterocycles. The first-order chi connectivity index (χ1) is 9.24. The minimum atomic E-state index is -3.96. The SMILES string of the molecule is COc1ccc(NC(=O)COC(C)C)cc1S(=O)(=O)Cl. The predicted octanol–water partition coefficient (Wildman–Crippen LogP) is 1.99. The van der Waals surface area contributed by atoms with E-state index >= 15 is 0 Å². The second-order valence-corrected chi connectivity index (χ2v) is 6.75. The van der Waals surface area contributed by atoms with Gasteiger partial charge in [0.2, 0.25) is 5.91 Å². The molecule has 0 aliphatic heterocycles. The van der Waals surface area contributed by atoms with E-state index < -0.39 is 9.05 Å². The maximum Gasteiger partial charge on any atom is 0.265 e. The van der Waals surface area contributed by atoms with Crippen molar-refractivity contribution in [3.05, 3.63) is 18.2 Å². The number of anilines is 1. The number of nitrogens with one attached hydrogen (secondary N) is 1. The van der Waals surface area contributed by atoms with Crippen molar-refractivity contribution in [2.75, 3.05) is 19.0 Å². The third-order valence-corrected chi connectivity index (χ3v) is 3.60. The summed E-state index contributed by atoms with van der Waals surface area (Å²) in [5.74, 6) is -0.279. The number of rotatable bonds is 6. The van der Waals surface area contributed by atoms with Gasteiger partial charge in [-0.2, -0.15) is 0 Å². The van der Waals surface area contributed by atoms with Crippen molar-refractivity contribution in [2.45, 2.75) is 24.8 Å². The standard InChI is InChI=1S/C12H16ClNO5S/c1-8(2)19-7-12(15)14-9-4-5-10(18-3)11(6-9)20(13,16)17/h4-6,8H,7H2,1-3H3,(H,14,15). The van der Waals surface area contributed by atoms with Gasteiger partial charge in [0, 0.05) is 16.4 Å². The van der Waals surface area contributed by atoms with Gasteiger partial charge in [0.1, 0.15) is 17.3 Å². The van der Waals surface area contributed by atoms with Crippen molar-refractivity contribution in [1.29, 1.82) is 0 Å². The summed E-state index contributed by atoms with van der Waals surface area (Å²) >= 11 is 0. The van der Waals surface area contributed by atoms with Crippen molar-refractivity contribution in [2.24, 2.45) is 0 Å². The topological polar surface area (TPSA) is 81.7 Å². The first-order valence-corrected chi connectivity index (χ1v) is 8.09. The van der Waals surface area contributed by atoms with Crippen LogP contribution in [0.5, 0.6) is 5.75 Å². The predicted molar refractivity (Wildman–Crippen MR) is 75.8 cm³/mol. The largest absolute Gasteiger partial charge is 0.495 e. The van der Waals surface area contributed by atoms with Crippen LogP contribution in [0.2, 0.25) is 0 Å². The minimum Gasteiger partial charge on any atom is -0.495 e. The maximum atomic E-state index is 11.6. The van der Waals surface area contributed by atoms with Gasteiger partial charge in [0.05, 0.1) is 13.2 Å². The van der Waals surface area contributed by atoms with E-state index in [-0.39, 0.29) is 29.3 Å². The number of methoxy groups -OCH3 is 1. The van der Waals surface area contributed by atoms with Crippen molar-refractivity contribution in [3.8, 4) is 5.75 Å². The Bertz CT molecular complexity index is 586. The molecule has 0 aliphatic carbocycles. The highest BCUT2D eigenvalue weighted by molar-refractivity contribution is 8.13. The molecule has 0 atom stereocenters. The molecule has 1 aromatic rings. The van der Waals surface area contributed by atoms with Crippen LogP contribution in [0.4, 0.5) is 5.69 Å². The fourth-order valence-corrected chi connectivity index (χ4v) is 2.41. The molecule has 1 aromatic carbocycles. The van der Waals surface area contributed by atoms with E-state index in [2.05, 4.69) is 5.32 Å². The zero-order valence-corrected chi connectivity index (χ0v) is 12.9. The molecule has 0 aromatic heterocycles. The van der Waals surface area contributed by atoms with Crippen molar-refractivity contribution in [1.82, 2.24) is 0 Å². The van der Waals surface area contributed by atoms with E-state index in [9.17, 15) is 13.2 Å². The molecule has 8 heteroatoms. The number of hydrogen-bond acceptors (Lipinski definition) is 5. The summed E-state index contributed by atoms with van der Waals surface area (Å²) in [6, 6.07) is 4.15. The fraction of sp³-hybridized carbons (Fsp3) is 0.417. The Hall–Kier alpha value is -1.31. The number of hydrogen-bond donors (Lipinski definition) is 1. The molecule has 20 heavy (non-hydrogen) atoms. The highest BCUT2D eigenvalue weighted by Gasteiger charge is 2.18. The lowest BCUT2D eigenvalue weighted by molar-refractivity contribution is -0.121. The second-order valence-electron chi connectivity index (χ2n) is 4.21. The van der Waals surface area contributed by atoms with Gasteiger partial charge in [-0.15, -0.1) is 0 Å². The van der Waals surface area contributed by atoms with Crippen LogP contribution in [-0.4, -0.2) is 34.1 Å². The summed E-state index contributed by atoms with van der Waals surface area (Å²) in [5, 5.41) is 2.52. The molecule has 0 radical (unpaired) electrons. The Morgan fingerprint density at radius 2 is 2.05 bits per heavy atom. The highest BCUT2D eigenvalue weighted by atomic mass is 35.7. The fourth-order valence-electron chi connectivity index (χ4n) is 1.38. The van der Waals surface area contributed by atoms with Crippen molar-refractivity contribution in [3.63, 3.8) is 0 Å². The number of carbonyl (C=O) groups excluding carboxylic acids is 1. The normalized spacial score (nSPS) is 11.4. The Labute approximate surface area is 122 Å².